The second kappa shape index (κ2) is 3.05. The van der Waals surface area contributed by atoms with Crippen LogP contribution in [0.5, 0.6) is 0 Å². The van der Waals surface area contributed by atoms with Gasteiger partial charge in [-0.05, 0) is 41.6 Å². The van der Waals surface area contributed by atoms with Gasteiger partial charge in [-0.3, -0.25) is 0 Å². The first-order valence-electron chi connectivity index (χ1n) is 2.72. The summed E-state index contributed by atoms with van der Waals surface area (Å²) in [5.74, 6) is -0.239. The number of hydrogen-bond donors (Lipinski definition) is 0. The first-order chi connectivity index (χ1) is 4.61. The normalized spacial score (nSPS) is 10.0. The van der Waals surface area contributed by atoms with E-state index in [1.54, 1.807) is 13.0 Å². The fourth-order valence-corrected chi connectivity index (χ4v) is 1.59. The van der Waals surface area contributed by atoms with Crippen molar-refractivity contribution in [1.29, 1.82) is 0 Å². The van der Waals surface area contributed by atoms with E-state index in [0.29, 0.717) is 10.6 Å². The smallest absolute Gasteiger partial charge is 0.128 e. The Kier molecular flexibility index (Phi) is 2.52. The Morgan fingerprint density at radius 3 is 2.60 bits per heavy atom. The molecule has 1 rings (SSSR count). The van der Waals surface area contributed by atoms with Gasteiger partial charge in [0.2, 0.25) is 0 Å². The molecule has 0 N–H and O–H groups in total. The van der Waals surface area contributed by atoms with Crippen LogP contribution in [0.4, 0.5) is 4.39 Å². The molecule has 0 radical (unpaired) electrons. The highest BCUT2D eigenvalue weighted by atomic mass is 127. The summed E-state index contributed by atoms with van der Waals surface area (Å²) >= 11 is 7.70. The fourth-order valence-electron chi connectivity index (χ4n) is 0.614. The summed E-state index contributed by atoms with van der Waals surface area (Å²) in [7, 11) is 0. The molecule has 1 aromatic carbocycles. The molecule has 0 heterocycles. The number of halogens is 3. The maximum absolute atomic E-state index is 12.8. The number of hydrogen-bond acceptors (Lipinski definition) is 0. The van der Waals surface area contributed by atoms with Crippen LogP contribution in [-0.4, -0.2) is 0 Å². The molecule has 0 nitrogen and oxygen atoms in total. The van der Waals surface area contributed by atoms with Crippen molar-refractivity contribution in [3.05, 3.63) is 32.1 Å². The predicted molar refractivity (Wildman–Crippen MR) is 48.9 cm³/mol. The van der Waals surface area contributed by atoms with Gasteiger partial charge in [-0.15, -0.1) is 0 Å². The lowest BCUT2D eigenvalue weighted by atomic mass is 10.2. The lowest BCUT2D eigenvalue weighted by Crippen LogP contribution is -1.84. The van der Waals surface area contributed by atoms with Crippen LogP contribution in [0.25, 0.3) is 0 Å². The van der Waals surface area contributed by atoms with Crippen molar-refractivity contribution in [3.8, 4) is 0 Å². The van der Waals surface area contributed by atoms with Gasteiger partial charge in [0, 0.05) is 14.2 Å². The van der Waals surface area contributed by atoms with Crippen LogP contribution < -0.4 is 0 Å². The van der Waals surface area contributed by atoms with Crippen molar-refractivity contribution in [2.45, 2.75) is 6.92 Å². The van der Waals surface area contributed by atoms with Crippen molar-refractivity contribution in [1.82, 2.24) is 0 Å². The van der Waals surface area contributed by atoms with Gasteiger partial charge in [-0.1, -0.05) is 11.6 Å². The van der Waals surface area contributed by atoms with Gasteiger partial charge in [0.25, 0.3) is 0 Å². The molecule has 0 aliphatic rings. The molecule has 0 fully saturated rings. The number of benzene rings is 1. The van der Waals surface area contributed by atoms with E-state index in [1.165, 1.54) is 6.07 Å². The van der Waals surface area contributed by atoms with E-state index >= 15 is 0 Å². The highest BCUT2D eigenvalue weighted by Crippen LogP contribution is 2.20. The van der Waals surface area contributed by atoms with E-state index in [-0.39, 0.29) is 5.82 Å². The average Bonchev–Trinajstić information content (AvgIpc) is 1.82. The van der Waals surface area contributed by atoms with Crippen LogP contribution in [-0.2, 0) is 0 Å². The van der Waals surface area contributed by atoms with Crippen molar-refractivity contribution < 1.29 is 4.39 Å². The van der Waals surface area contributed by atoms with Crippen molar-refractivity contribution in [3.63, 3.8) is 0 Å². The molecule has 0 saturated carbocycles. The van der Waals surface area contributed by atoms with Crippen LogP contribution >= 0.6 is 34.2 Å². The van der Waals surface area contributed by atoms with E-state index in [0.717, 1.165) is 3.57 Å². The molecule has 10 heavy (non-hydrogen) atoms. The van der Waals surface area contributed by atoms with Gasteiger partial charge >= 0.3 is 0 Å². The van der Waals surface area contributed by atoms with Crippen LogP contribution in [0.2, 0.25) is 5.02 Å². The Morgan fingerprint density at radius 2 is 2.10 bits per heavy atom. The maximum atomic E-state index is 12.8. The summed E-state index contributed by atoms with van der Waals surface area (Å²) in [6.07, 6.45) is 0. The summed E-state index contributed by atoms with van der Waals surface area (Å²) < 4.78 is 13.6. The Bertz CT molecular complexity index is 237. The molecule has 0 saturated heterocycles. The zero-order valence-corrected chi connectivity index (χ0v) is 8.20. The molecule has 1 aromatic rings. The third-order valence-electron chi connectivity index (χ3n) is 1.25. The van der Waals surface area contributed by atoms with E-state index in [1.807, 2.05) is 22.6 Å². The Labute approximate surface area is 77.5 Å². The lowest BCUT2D eigenvalue weighted by molar-refractivity contribution is 0.617. The minimum atomic E-state index is -0.239. The Balaban J connectivity index is 3.31. The molecule has 0 aromatic heterocycles. The van der Waals surface area contributed by atoms with Crippen LogP contribution in [0.15, 0.2) is 12.1 Å². The van der Waals surface area contributed by atoms with Gasteiger partial charge < -0.3 is 0 Å². The molecule has 0 aliphatic heterocycles. The molecule has 0 amide bonds. The zero-order chi connectivity index (χ0) is 7.72. The van der Waals surface area contributed by atoms with E-state index < -0.39 is 0 Å². The maximum Gasteiger partial charge on any atom is 0.128 e. The molecule has 0 bridgehead atoms. The third-order valence-corrected chi connectivity index (χ3v) is 2.26. The molecule has 0 atom stereocenters. The fraction of sp³-hybridized carbons (Fsp3) is 0.143. The molecule has 54 valence electrons. The molecule has 0 spiro atoms. The highest BCUT2D eigenvalue weighted by molar-refractivity contribution is 14.1. The standard InChI is InChI=1S/C7H5ClFI/c1-4-6(8)2-5(10)3-7(4)9/h2-3H,1H3. The summed E-state index contributed by atoms with van der Waals surface area (Å²) in [5.41, 5.74) is 0.516. The van der Waals surface area contributed by atoms with Crippen LogP contribution in [0, 0.1) is 16.3 Å². The SMILES string of the molecule is Cc1c(F)cc(I)cc1Cl. The predicted octanol–water partition coefficient (Wildman–Crippen LogP) is 3.39. The average molecular weight is 270 g/mol. The Morgan fingerprint density at radius 1 is 1.50 bits per heavy atom. The molecular formula is C7H5ClFI. The quantitative estimate of drug-likeness (QED) is 0.634. The van der Waals surface area contributed by atoms with Crippen molar-refractivity contribution in [2.75, 3.05) is 0 Å². The van der Waals surface area contributed by atoms with Crippen molar-refractivity contribution >= 4 is 34.2 Å². The summed E-state index contributed by atoms with van der Waals surface area (Å²) in [5, 5.41) is 0.490. The minimum absolute atomic E-state index is 0.239. The molecule has 0 aliphatic carbocycles. The Hall–Kier alpha value is 0.170. The highest BCUT2D eigenvalue weighted by Gasteiger charge is 2.02. The monoisotopic (exact) mass is 270 g/mol. The van der Waals surface area contributed by atoms with E-state index in [2.05, 4.69) is 0 Å². The zero-order valence-electron chi connectivity index (χ0n) is 5.29. The summed E-state index contributed by atoms with van der Waals surface area (Å²) in [4.78, 5) is 0. The molecule has 3 heteroatoms. The second-order valence-electron chi connectivity index (χ2n) is 1.99. The topological polar surface area (TPSA) is 0 Å². The summed E-state index contributed by atoms with van der Waals surface area (Å²) in [6.45, 7) is 1.66. The van der Waals surface area contributed by atoms with Crippen LogP contribution in [0.3, 0.4) is 0 Å². The second-order valence-corrected chi connectivity index (χ2v) is 3.65. The number of rotatable bonds is 0. The van der Waals surface area contributed by atoms with Crippen LogP contribution in [0.1, 0.15) is 5.56 Å². The van der Waals surface area contributed by atoms with E-state index in [4.69, 9.17) is 11.6 Å². The lowest BCUT2D eigenvalue weighted by Gasteiger charge is -1.98. The largest absolute Gasteiger partial charge is 0.207 e. The minimum Gasteiger partial charge on any atom is -0.207 e. The van der Waals surface area contributed by atoms with Gasteiger partial charge in [0.05, 0.1) is 0 Å². The van der Waals surface area contributed by atoms with Gasteiger partial charge in [0.1, 0.15) is 5.82 Å². The van der Waals surface area contributed by atoms with Crippen molar-refractivity contribution in [2.24, 2.45) is 0 Å². The molecular weight excluding hydrogens is 265 g/mol. The molecule has 0 unspecified atom stereocenters. The first-order valence-corrected chi connectivity index (χ1v) is 4.18. The van der Waals surface area contributed by atoms with Gasteiger partial charge in [-0.2, -0.15) is 0 Å². The first kappa shape index (κ1) is 8.27. The summed E-state index contributed by atoms with van der Waals surface area (Å²) in [6, 6.07) is 3.20. The van der Waals surface area contributed by atoms with Gasteiger partial charge in [0.15, 0.2) is 0 Å². The third kappa shape index (κ3) is 1.61. The van der Waals surface area contributed by atoms with Gasteiger partial charge in [-0.25, -0.2) is 4.39 Å². The van der Waals surface area contributed by atoms with E-state index in [9.17, 15) is 4.39 Å².